The molecule has 0 saturated carbocycles. The smallest absolute Gasteiger partial charge is 0.337 e. The summed E-state index contributed by atoms with van der Waals surface area (Å²) in [4.78, 5) is 23.7. The predicted molar refractivity (Wildman–Crippen MR) is 89.4 cm³/mol. The minimum absolute atomic E-state index is 0. The van der Waals surface area contributed by atoms with E-state index in [2.05, 4.69) is 15.4 Å². The number of methoxy groups -OCH3 is 1. The van der Waals surface area contributed by atoms with E-state index in [0.717, 1.165) is 6.26 Å². The lowest BCUT2D eigenvalue weighted by Gasteiger charge is -2.22. The summed E-state index contributed by atoms with van der Waals surface area (Å²) in [5.41, 5.74) is 0.223. The number of sulfone groups is 1. The van der Waals surface area contributed by atoms with Crippen molar-refractivity contribution in [2.75, 3.05) is 38.4 Å². The number of nitrogens with one attached hydrogen (secondary N) is 2. The van der Waals surface area contributed by atoms with Crippen molar-refractivity contribution in [3.63, 3.8) is 0 Å². The molecule has 1 saturated heterocycles. The van der Waals surface area contributed by atoms with Crippen LogP contribution >= 0.6 is 12.4 Å². The number of morpholine rings is 1. The number of carbonyl (C=O) groups excluding carboxylic acids is 2. The molecular weight excluding hydrogens is 360 g/mol. The van der Waals surface area contributed by atoms with Gasteiger partial charge in [-0.05, 0) is 18.2 Å². The van der Waals surface area contributed by atoms with Crippen LogP contribution in [0.4, 0.5) is 5.69 Å². The van der Waals surface area contributed by atoms with Gasteiger partial charge in [-0.2, -0.15) is 0 Å². The third-order valence-electron chi connectivity index (χ3n) is 3.24. The molecule has 0 spiro atoms. The highest BCUT2D eigenvalue weighted by Gasteiger charge is 2.23. The summed E-state index contributed by atoms with van der Waals surface area (Å²) in [7, 11) is -2.36. The molecule has 134 valence electrons. The molecule has 8 nitrogen and oxygen atoms in total. The molecule has 1 aliphatic heterocycles. The van der Waals surface area contributed by atoms with E-state index in [9.17, 15) is 18.0 Å². The first-order valence-corrected chi connectivity index (χ1v) is 8.77. The van der Waals surface area contributed by atoms with Crippen LogP contribution in [0.25, 0.3) is 0 Å². The molecule has 0 bridgehead atoms. The number of ether oxygens (including phenoxy) is 2. The quantitative estimate of drug-likeness (QED) is 0.721. The van der Waals surface area contributed by atoms with Crippen molar-refractivity contribution in [2.24, 2.45) is 0 Å². The van der Waals surface area contributed by atoms with Gasteiger partial charge in [0, 0.05) is 25.0 Å². The first kappa shape index (κ1) is 20.4. The molecule has 2 rings (SSSR count). The lowest BCUT2D eigenvalue weighted by atomic mass is 10.2. The van der Waals surface area contributed by atoms with E-state index < -0.39 is 27.8 Å². The number of hydrogen-bond acceptors (Lipinski definition) is 7. The van der Waals surface area contributed by atoms with Crippen LogP contribution < -0.4 is 10.6 Å². The number of anilines is 1. The Bertz CT molecular complexity index is 716. The van der Waals surface area contributed by atoms with Crippen molar-refractivity contribution in [2.45, 2.75) is 11.0 Å². The number of rotatable bonds is 4. The van der Waals surface area contributed by atoms with Gasteiger partial charge < -0.3 is 20.1 Å². The second-order valence-corrected chi connectivity index (χ2v) is 7.08. The Kier molecular flexibility index (Phi) is 7.15. The van der Waals surface area contributed by atoms with Crippen LogP contribution in [-0.2, 0) is 24.1 Å². The van der Waals surface area contributed by atoms with E-state index in [1.165, 1.54) is 25.3 Å². The molecule has 1 amide bonds. The van der Waals surface area contributed by atoms with Crippen LogP contribution in [0.1, 0.15) is 10.4 Å². The Morgan fingerprint density at radius 3 is 2.58 bits per heavy atom. The highest BCUT2D eigenvalue weighted by Crippen LogP contribution is 2.20. The molecule has 1 aromatic rings. The maximum Gasteiger partial charge on any atom is 0.337 e. The molecule has 2 N–H and O–H groups in total. The Hall–Kier alpha value is -1.68. The summed E-state index contributed by atoms with van der Waals surface area (Å²) in [6.07, 6.45) is 0.343. The summed E-state index contributed by atoms with van der Waals surface area (Å²) >= 11 is 0. The standard InChI is InChI=1S/C14H18N2O6S.ClH/c1-21-14(18)9-5-10(7-11(6-9)23(2,19)20)16-13(17)12-8-15-3-4-22-12;/h5-7,12,15H,3-4,8H2,1-2H3,(H,16,17);1H/t12-;/m1./s1. The van der Waals surface area contributed by atoms with Crippen molar-refractivity contribution in [3.05, 3.63) is 23.8 Å². The monoisotopic (exact) mass is 378 g/mol. The maximum absolute atomic E-state index is 12.1. The molecular formula is C14H19ClN2O6S. The van der Waals surface area contributed by atoms with Crippen molar-refractivity contribution in [1.82, 2.24) is 5.32 Å². The van der Waals surface area contributed by atoms with E-state index in [0.29, 0.717) is 19.7 Å². The van der Waals surface area contributed by atoms with Crippen molar-refractivity contribution in [1.29, 1.82) is 0 Å². The van der Waals surface area contributed by atoms with Gasteiger partial charge in [-0.1, -0.05) is 0 Å². The molecule has 1 fully saturated rings. The van der Waals surface area contributed by atoms with Gasteiger partial charge in [-0.3, -0.25) is 4.79 Å². The van der Waals surface area contributed by atoms with Gasteiger partial charge in [0.1, 0.15) is 6.10 Å². The number of esters is 1. The van der Waals surface area contributed by atoms with E-state index in [-0.39, 0.29) is 28.6 Å². The van der Waals surface area contributed by atoms with Crippen LogP contribution in [0.2, 0.25) is 0 Å². The molecule has 0 radical (unpaired) electrons. The van der Waals surface area contributed by atoms with Crippen LogP contribution in [0, 0.1) is 0 Å². The molecule has 1 heterocycles. The number of amides is 1. The van der Waals surface area contributed by atoms with E-state index in [4.69, 9.17) is 4.74 Å². The van der Waals surface area contributed by atoms with Gasteiger partial charge in [-0.25, -0.2) is 13.2 Å². The highest BCUT2D eigenvalue weighted by molar-refractivity contribution is 7.90. The zero-order chi connectivity index (χ0) is 17.0. The Morgan fingerprint density at radius 2 is 2.04 bits per heavy atom. The average Bonchev–Trinajstić information content (AvgIpc) is 2.53. The fraction of sp³-hybridized carbons (Fsp3) is 0.429. The summed E-state index contributed by atoms with van der Waals surface area (Å²) in [5.74, 6) is -1.11. The van der Waals surface area contributed by atoms with Crippen molar-refractivity contribution >= 4 is 39.8 Å². The van der Waals surface area contributed by atoms with Gasteiger partial charge in [0.25, 0.3) is 5.91 Å². The number of carbonyl (C=O) groups is 2. The lowest BCUT2D eigenvalue weighted by molar-refractivity contribution is -0.128. The largest absolute Gasteiger partial charge is 0.465 e. The topological polar surface area (TPSA) is 111 Å². The van der Waals surface area contributed by atoms with E-state index in [1.807, 2.05) is 0 Å². The second-order valence-electron chi connectivity index (χ2n) is 5.06. The number of halogens is 1. The summed E-state index contributed by atoms with van der Waals surface area (Å²) < 4.78 is 33.4. The molecule has 1 atom stereocenters. The van der Waals surface area contributed by atoms with E-state index >= 15 is 0 Å². The normalized spacial score (nSPS) is 17.5. The molecule has 0 aromatic heterocycles. The average molecular weight is 379 g/mol. The Balaban J connectivity index is 0.00000288. The summed E-state index contributed by atoms with van der Waals surface area (Å²) in [6, 6.07) is 3.85. The van der Waals surface area contributed by atoms with Crippen LogP contribution in [0.5, 0.6) is 0 Å². The van der Waals surface area contributed by atoms with Crippen molar-refractivity contribution < 1.29 is 27.5 Å². The third-order valence-corrected chi connectivity index (χ3v) is 4.34. The lowest BCUT2D eigenvalue weighted by Crippen LogP contribution is -2.45. The first-order chi connectivity index (χ1) is 10.8. The Morgan fingerprint density at radius 1 is 1.33 bits per heavy atom. The third kappa shape index (κ3) is 5.17. The molecule has 1 aliphatic rings. The van der Waals surface area contributed by atoms with Crippen LogP contribution in [-0.4, -0.2) is 59.5 Å². The van der Waals surface area contributed by atoms with Gasteiger partial charge in [0.05, 0.1) is 24.2 Å². The second kappa shape index (κ2) is 8.43. The summed E-state index contributed by atoms with van der Waals surface area (Å²) in [6.45, 7) is 1.44. The SMILES string of the molecule is COC(=O)c1cc(NC(=O)[C@H]2CNCCO2)cc(S(C)(=O)=O)c1.Cl. The molecule has 0 unspecified atom stereocenters. The van der Waals surface area contributed by atoms with E-state index in [1.54, 1.807) is 0 Å². The molecule has 0 aliphatic carbocycles. The fourth-order valence-corrected chi connectivity index (χ4v) is 2.76. The molecule has 10 heteroatoms. The zero-order valence-electron chi connectivity index (χ0n) is 13.2. The minimum Gasteiger partial charge on any atom is -0.465 e. The first-order valence-electron chi connectivity index (χ1n) is 6.88. The fourth-order valence-electron chi connectivity index (χ4n) is 2.08. The maximum atomic E-state index is 12.1. The van der Waals surface area contributed by atoms with Gasteiger partial charge in [0.2, 0.25) is 0 Å². The van der Waals surface area contributed by atoms with Crippen LogP contribution in [0.3, 0.4) is 0 Å². The molecule has 24 heavy (non-hydrogen) atoms. The number of benzene rings is 1. The molecule has 1 aromatic carbocycles. The number of hydrogen-bond donors (Lipinski definition) is 2. The van der Waals surface area contributed by atoms with Gasteiger partial charge in [-0.15, -0.1) is 12.4 Å². The van der Waals surface area contributed by atoms with Gasteiger partial charge >= 0.3 is 5.97 Å². The van der Waals surface area contributed by atoms with Gasteiger partial charge in [0.15, 0.2) is 9.84 Å². The predicted octanol–water partition coefficient (Wildman–Crippen LogP) is 0.225. The Labute approximate surface area is 146 Å². The van der Waals surface area contributed by atoms with Crippen molar-refractivity contribution in [3.8, 4) is 0 Å². The minimum atomic E-state index is -3.55. The summed E-state index contributed by atoms with van der Waals surface area (Å²) in [5, 5.41) is 5.59. The highest BCUT2D eigenvalue weighted by atomic mass is 35.5. The van der Waals surface area contributed by atoms with Crippen LogP contribution in [0.15, 0.2) is 23.1 Å². The zero-order valence-corrected chi connectivity index (χ0v) is 14.8.